The zero-order chi connectivity index (χ0) is 19.8. The molecule has 1 aliphatic heterocycles. The smallest absolute Gasteiger partial charge is 0.415 e. The Morgan fingerprint density at radius 2 is 2.15 bits per heavy atom. The lowest BCUT2D eigenvalue weighted by Gasteiger charge is -2.38. The molecule has 0 saturated carbocycles. The van der Waals surface area contributed by atoms with Gasteiger partial charge in [0.05, 0.1) is 16.2 Å². The van der Waals surface area contributed by atoms with Crippen LogP contribution in [0, 0.1) is 10.1 Å². The van der Waals surface area contributed by atoms with Gasteiger partial charge in [-0.2, -0.15) is 0 Å². The molecule has 2 heterocycles. The van der Waals surface area contributed by atoms with E-state index in [1.54, 1.807) is 32.9 Å². The molecule has 140 valence electrons. The van der Waals surface area contributed by atoms with Crippen LogP contribution in [0.15, 0.2) is 36.7 Å². The molecule has 1 aromatic carbocycles. The Hall–Kier alpha value is -3.49. The highest BCUT2D eigenvalue weighted by molar-refractivity contribution is 6.06. The van der Waals surface area contributed by atoms with Crippen LogP contribution in [0.25, 0.3) is 0 Å². The molecule has 27 heavy (non-hydrogen) atoms. The number of nitrogens with one attached hydrogen (secondary N) is 1. The summed E-state index contributed by atoms with van der Waals surface area (Å²) in [5, 5.41) is 14.1. The Balaban J connectivity index is 2.11. The van der Waals surface area contributed by atoms with Crippen LogP contribution in [0.4, 0.5) is 21.9 Å². The maximum Gasteiger partial charge on any atom is 0.415 e. The van der Waals surface area contributed by atoms with Gasteiger partial charge < -0.3 is 10.1 Å². The van der Waals surface area contributed by atoms with Gasteiger partial charge in [0, 0.05) is 30.6 Å². The largest absolute Gasteiger partial charge is 0.438 e. The highest BCUT2D eigenvalue weighted by Crippen LogP contribution is 2.43. The van der Waals surface area contributed by atoms with Crippen molar-refractivity contribution in [3.8, 4) is 0 Å². The maximum atomic E-state index is 12.4. The molecule has 1 aliphatic rings. The number of nitro groups is 1. The number of anilines is 2. The number of benzene rings is 1. The molecule has 2 aromatic rings. The van der Waals surface area contributed by atoms with Crippen LogP contribution < -0.4 is 10.2 Å². The van der Waals surface area contributed by atoms with Gasteiger partial charge in [0.2, 0.25) is 0 Å². The Morgan fingerprint density at radius 3 is 2.74 bits per heavy atom. The average Bonchev–Trinajstić information content (AvgIpc) is 2.62. The van der Waals surface area contributed by atoms with Crippen LogP contribution in [-0.4, -0.2) is 28.5 Å². The Bertz CT molecular complexity index is 927. The van der Waals surface area contributed by atoms with E-state index in [0.29, 0.717) is 17.8 Å². The molecule has 0 saturated heterocycles. The fraction of sp³-hybridized carbons (Fsp3) is 0.278. The molecule has 0 atom stereocenters. The van der Waals surface area contributed by atoms with Gasteiger partial charge >= 0.3 is 6.09 Å². The number of fused-ring (bicyclic) bond motifs is 1. The molecule has 0 spiro atoms. The van der Waals surface area contributed by atoms with Crippen molar-refractivity contribution >= 4 is 29.1 Å². The van der Waals surface area contributed by atoms with Gasteiger partial charge in [0.25, 0.3) is 11.6 Å². The van der Waals surface area contributed by atoms with E-state index in [0.717, 1.165) is 0 Å². The summed E-state index contributed by atoms with van der Waals surface area (Å²) in [6.07, 6.45) is 2.31. The second-order valence-electron chi connectivity index (χ2n) is 6.46. The normalized spacial score (nSPS) is 14.9. The zero-order valence-electron chi connectivity index (χ0n) is 15.1. The lowest BCUT2D eigenvalue weighted by atomic mass is 9.92. The van der Waals surface area contributed by atoms with E-state index in [2.05, 4.69) is 10.3 Å². The number of amides is 2. The van der Waals surface area contributed by atoms with E-state index in [-0.39, 0.29) is 16.9 Å². The summed E-state index contributed by atoms with van der Waals surface area (Å²) in [6, 6.07) is 5.92. The predicted molar refractivity (Wildman–Crippen MR) is 97.8 cm³/mol. The second-order valence-corrected chi connectivity index (χ2v) is 6.46. The number of pyridine rings is 1. The van der Waals surface area contributed by atoms with E-state index in [4.69, 9.17) is 4.74 Å². The van der Waals surface area contributed by atoms with Gasteiger partial charge in [-0.05, 0) is 39.0 Å². The summed E-state index contributed by atoms with van der Waals surface area (Å²) in [5.41, 5.74) is -0.0584. The zero-order valence-corrected chi connectivity index (χ0v) is 15.1. The Labute approximate surface area is 155 Å². The van der Waals surface area contributed by atoms with Crippen LogP contribution in [-0.2, 0) is 10.3 Å². The SMILES string of the molecule is CCN1C(=O)OC(C)(C)c2cc(NC(=O)c3cccnc3)c([N+](=O)[O-])cc21. The van der Waals surface area contributed by atoms with E-state index in [1.165, 1.54) is 29.4 Å². The molecule has 0 unspecified atom stereocenters. The first-order valence-electron chi connectivity index (χ1n) is 8.29. The molecule has 0 radical (unpaired) electrons. The number of hydrogen-bond donors (Lipinski definition) is 1. The molecule has 3 rings (SSSR count). The summed E-state index contributed by atoms with van der Waals surface area (Å²) in [6.45, 7) is 5.41. The standard InChI is InChI=1S/C18H18N4O5/c1-4-21-14-9-15(22(25)26)13(8-12(14)18(2,3)27-17(21)24)20-16(23)11-6-5-7-19-10-11/h5-10H,4H2,1-3H3,(H,20,23). The number of cyclic esters (lactones) is 1. The Kier molecular flexibility index (Phi) is 4.52. The summed E-state index contributed by atoms with van der Waals surface area (Å²) in [4.78, 5) is 40.8. The molecular weight excluding hydrogens is 352 g/mol. The number of carbonyl (C=O) groups is 2. The number of nitro benzene ring substituents is 1. The molecule has 0 fully saturated rings. The Morgan fingerprint density at radius 1 is 1.41 bits per heavy atom. The molecule has 1 N–H and O–H groups in total. The molecule has 2 amide bonds. The van der Waals surface area contributed by atoms with Crippen molar-refractivity contribution in [1.82, 2.24) is 4.98 Å². The minimum atomic E-state index is -0.999. The van der Waals surface area contributed by atoms with Crippen molar-refractivity contribution in [1.29, 1.82) is 0 Å². The van der Waals surface area contributed by atoms with Crippen molar-refractivity contribution in [3.05, 3.63) is 57.9 Å². The van der Waals surface area contributed by atoms with Gasteiger partial charge in [-0.25, -0.2) is 4.79 Å². The third kappa shape index (κ3) is 3.31. The monoisotopic (exact) mass is 370 g/mol. The minimum absolute atomic E-state index is 0.0229. The van der Waals surface area contributed by atoms with Crippen molar-refractivity contribution in [2.45, 2.75) is 26.4 Å². The van der Waals surface area contributed by atoms with Crippen molar-refractivity contribution < 1.29 is 19.2 Å². The highest BCUT2D eigenvalue weighted by Gasteiger charge is 2.40. The van der Waals surface area contributed by atoms with Crippen LogP contribution in [0.1, 0.15) is 36.7 Å². The van der Waals surface area contributed by atoms with Gasteiger partial charge in [-0.15, -0.1) is 0 Å². The first-order chi connectivity index (χ1) is 12.7. The predicted octanol–water partition coefficient (Wildman–Crippen LogP) is 3.45. The van der Waals surface area contributed by atoms with Gasteiger partial charge in [0.1, 0.15) is 11.3 Å². The van der Waals surface area contributed by atoms with Crippen LogP contribution >= 0.6 is 0 Å². The summed E-state index contributed by atoms with van der Waals surface area (Å²) in [5.74, 6) is -0.524. The lowest BCUT2D eigenvalue weighted by Crippen LogP contribution is -2.43. The van der Waals surface area contributed by atoms with Gasteiger partial charge in [0.15, 0.2) is 0 Å². The van der Waals surface area contributed by atoms with E-state index < -0.39 is 22.5 Å². The number of nitrogens with zero attached hydrogens (tertiary/aromatic N) is 3. The first kappa shape index (κ1) is 18.3. The number of carbonyl (C=O) groups excluding carboxylic acids is 2. The highest BCUT2D eigenvalue weighted by atomic mass is 16.6. The van der Waals surface area contributed by atoms with E-state index in [1.807, 2.05) is 0 Å². The fourth-order valence-electron chi connectivity index (χ4n) is 2.95. The molecule has 0 bridgehead atoms. The van der Waals surface area contributed by atoms with Crippen LogP contribution in [0.5, 0.6) is 0 Å². The summed E-state index contributed by atoms with van der Waals surface area (Å²) >= 11 is 0. The van der Waals surface area contributed by atoms with Crippen molar-refractivity contribution in [3.63, 3.8) is 0 Å². The van der Waals surface area contributed by atoms with Gasteiger partial charge in [-0.3, -0.25) is 24.8 Å². The lowest BCUT2D eigenvalue weighted by molar-refractivity contribution is -0.383. The summed E-state index contributed by atoms with van der Waals surface area (Å²) < 4.78 is 5.44. The van der Waals surface area contributed by atoms with Crippen LogP contribution in [0.3, 0.4) is 0 Å². The molecule has 9 nitrogen and oxygen atoms in total. The van der Waals surface area contributed by atoms with Gasteiger partial charge in [-0.1, -0.05) is 0 Å². The second kappa shape index (κ2) is 6.67. The molecule has 0 aliphatic carbocycles. The molecule has 1 aromatic heterocycles. The van der Waals surface area contributed by atoms with E-state index in [9.17, 15) is 19.7 Å². The molecule has 9 heteroatoms. The third-order valence-electron chi connectivity index (χ3n) is 4.30. The first-order valence-corrected chi connectivity index (χ1v) is 8.29. The number of rotatable bonds is 4. The average molecular weight is 370 g/mol. The van der Waals surface area contributed by atoms with E-state index >= 15 is 0 Å². The van der Waals surface area contributed by atoms with Crippen molar-refractivity contribution in [2.75, 3.05) is 16.8 Å². The number of ether oxygens (including phenoxy) is 1. The summed E-state index contributed by atoms with van der Waals surface area (Å²) in [7, 11) is 0. The topological polar surface area (TPSA) is 115 Å². The van der Waals surface area contributed by atoms with Crippen molar-refractivity contribution in [2.24, 2.45) is 0 Å². The molecular formula is C18H18N4O5. The quantitative estimate of drug-likeness (QED) is 0.651. The van der Waals surface area contributed by atoms with Crippen LogP contribution in [0.2, 0.25) is 0 Å². The maximum absolute atomic E-state index is 12.4. The fourth-order valence-corrected chi connectivity index (χ4v) is 2.95. The number of aromatic nitrogens is 1. The minimum Gasteiger partial charge on any atom is -0.438 e. The third-order valence-corrected chi connectivity index (χ3v) is 4.30. The number of hydrogen-bond acceptors (Lipinski definition) is 6.